The van der Waals surface area contributed by atoms with Crippen molar-refractivity contribution < 1.29 is 28.8 Å². The topological polar surface area (TPSA) is 101 Å². The Hall–Kier alpha value is -2.51. The smallest absolute Gasteiger partial charge is 0.330 e. The van der Waals surface area contributed by atoms with Crippen LogP contribution in [0.5, 0.6) is 0 Å². The Kier molecular flexibility index (Phi) is 3.64. The summed E-state index contributed by atoms with van der Waals surface area (Å²) in [6.45, 7) is 1.40. The van der Waals surface area contributed by atoms with Crippen LogP contribution in [0.15, 0.2) is 12.2 Å². The molecule has 2 aliphatic heterocycles. The Bertz CT molecular complexity index is 520. The third kappa shape index (κ3) is 2.58. The molecule has 2 heterocycles. The predicted molar refractivity (Wildman–Crippen MR) is 62.2 cm³/mol. The lowest BCUT2D eigenvalue weighted by molar-refractivity contribution is -0.198. The number of carbonyl (C=O) groups excluding carboxylic acids is 5. The van der Waals surface area contributed by atoms with Gasteiger partial charge in [0.1, 0.15) is 0 Å². The summed E-state index contributed by atoms with van der Waals surface area (Å²) in [5, 5.41) is 0.443. The van der Waals surface area contributed by atoms with Gasteiger partial charge >= 0.3 is 5.97 Å². The summed E-state index contributed by atoms with van der Waals surface area (Å²) in [5.74, 6) is -3.53. The third-order valence-corrected chi connectivity index (χ3v) is 2.96. The van der Waals surface area contributed by atoms with Crippen LogP contribution in [0.2, 0.25) is 0 Å². The number of amides is 4. The lowest BCUT2D eigenvalue weighted by Gasteiger charge is -2.15. The molecule has 2 rings (SSSR count). The molecule has 1 saturated heterocycles. The summed E-state index contributed by atoms with van der Waals surface area (Å²) in [4.78, 5) is 62.4. The standard InChI is InChI=1S/C12H12N2O6/c1-7-6-10(17)14(12(7)19)20-11(18)4-5-13-8(15)2-3-9(13)16/h2-3,7H,4-6H2,1H3. The van der Waals surface area contributed by atoms with Crippen molar-refractivity contribution in [1.29, 1.82) is 0 Å². The van der Waals surface area contributed by atoms with Crippen molar-refractivity contribution in [1.82, 2.24) is 9.96 Å². The lowest BCUT2D eigenvalue weighted by Crippen LogP contribution is -2.36. The molecule has 0 bridgehead atoms. The normalized spacial score (nSPS) is 22.1. The maximum Gasteiger partial charge on any atom is 0.335 e. The van der Waals surface area contributed by atoms with Crippen LogP contribution in [-0.4, -0.2) is 46.1 Å². The highest BCUT2D eigenvalue weighted by atomic mass is 16.7. The first kappa shape index (κ1) is 13.9. The fourth-order valence-electron chi connectivity index (χ4n) is 1.85. The SMILES string of the molecule is CC1CC(=O)N(OC(=O)CCN2C(=O)C=CC2=O)C1=O. The van der Waals surface area contributed by atoms with Crippen LogP contribution >= 0.6 is 0 Å². The van der Waals surface area contributed by atoms with Crippen LogP contribution in [0.4, 0.5) is 0 Å². The minimum atomic E-state index is -0.853. The largest absolute Gasteiger partial charge is 0.335 e. The van der Waals surface area contributed by atoms with Crippen LogP contribution in [0.3, 0.4) is 0 Å². The molecule has 0 N–H and O–H groups in total. The number of carbonyl (C=O) groups is 5. The molecule has 0 radical (unpaired) electrons. The molecular weight excluding hydrogens is 268 g/mol. The fourth-order valence-corrected chi connectivity index (χ4v) is 1.85. The van der Waals surface area contributed by atoms with Gasteiger partial charge in [-0.25, -0.2) is 4.79 Å². The van der Waals surface area contributed by atoms with E-state index in [1.807, 2.05) is 0 Å². The van der Waals surface area contributed by atoms with Crippen molar-refractivity contribution in [2.75, 3.05) is 6.54 Å². The zero-order chi connectivity index (χ0) is 14.9. The second kappa shape index (κ2) is 5.24. The maximum absolute atomic E-state index is 11.5. The highest BCUT2D eigenvalue weighted by molar-refractivity contribution is 6.13. The van der Waals surface area contributed by atoms with Gasteiger partial charge in [0.15, 0.2) is 0 Å². The van der Waals surface area contributed by atoms with Gasteiger partial charge < -0.3 is 4.84 Å². The Morgan fingerprint density at radius 1 is 1.25 bits per heavy atom. The highest BCUT2D eigenvalue weighted by Gasteiger charge is 2.39. The molecule has 8 heteroatoms. The zero-order valence-electron chi connectivity index (χ0n) is 10.7. The van der Waals surface area contributed by atoms with Gasteiger partial charge in [0.2, 0.25) is 0 Å². The second-order valence-electron chi connectivity index (χ2n) is 4.51. The second-order valence-corrected chi connectivity index (χ2v) is 4.51. The summed E-state index contributed by atoms with van der Waals surface area (Å²) >= 11 is 0. The molecule has 20 heavy (non-hydrogen) atoms. The molecule has 0 aliphatic carbocycles. The van der Waals surface area contributed by atoms with Gasteiger partial charge in [0.05, 0.1) is 6.42 Å². The van der Waals surface area contributed by atoms with Gasteiger partial charge in [0, 0.05) is 31.0 Å². The molecule has 1 unspecified atom stereocenters. The molecule has 0 aromatic carbocycles. The average Bonchev–Trinajstić information content (AvgIpc) is 2.82. The van der Waals surface area contributed by atoms with Gasteiger partial charge in [0.25, 0.3) is 23.6 Å². The van der Waals surface area contributed by atoms with E-state index < -0.39 is 35.5 Å². The quantitative estimate of drug-likeness (QED) is 0.622. The van der Waals surface area contributed by atoms with E-state index in [0.717, 1.165) is 17.1 Å². The number of imide groups is 2. The number of nitrogens with zero attached hydrogens (tertiary/aromatic N) is 2. The lowest BCUT2D eigenvalue weighted by atomic mass is 10.1. The van der Waals surface area contributed by atoms with Gasteiger partial charge in [-0.15, -0.1) is 5.06 Å². The maximum atomic E-state index is 11.5. The van der Waals surface area contributed by atoms with E-state index in [-0.39, 0.29) is 19.4 Å². The van der Waals surface area contributed by atoms with E-state index in [1.165, 1.54) is 0 Å². The van der Waals surface area contributed by atoms with Crippen molar-refractivity contribution in [2.45, 2.75) is 19.8 Å². The van der Waals surface area contributed by atoms with Crippen LogP contribution in [0.1, 0.15) is 19.8 Å². The van der Waals surface area contributed by atoms with E-state index >= 15 is 0 Å². The molecule has 0 saturated carbocycles. The molecule has 106 valence electrons. The first-order valence-corrected chi connectivity index (χ1v) is 6.01. The summed E-state index contributed by atoms with van der Waals surface area (Å²) < 4.78 is 0. The Morgan fingerprint density at radius 2 is 1.85 bits per heavy atom. The zero-order valence-corrected chi connectivity index (χ0v) is 10.7. The van der Waals surface area contributed by atoms with Crippen LogP contribution in [0, 0.1) is 5.92 Å². The van der Waals surface area contributed by atoms with Gasteiger partial charge in [-0.1, -0.05) is 6.92 Å². The van der Waals surface area contributed by atoms with E-state index in [2.05, 4.69) is 4.84 Å². The van der Waals surface area contributed by atoms with E-state index in [0.29, 0.717) is 5.06 Å². The van der Waals surface area contributed by atoms with Gasteiger partial charge in [-0.3, -0.25) is 24.1 Å². The van der Waals surface area contributed by atoms with Crippen molar-refractivity contribution in [3.8, 4) is 0 Å². The Morgan fingerprint density at radius 3 is 2.35 bits per heavy atom. The van der Waals surface area contributed by atoms with Gasteiger partial charge in [-0.05, 0) is 0 Å². The number of hydrogen-bond acceptors (Lipinski definition) is 6. The fraction of sp³-hybridized carbons (Fsp3) is 0.417. The van der Waals surface area contributed by atoms with Crippen LogP contribution in [-0.2, 0) is 28.8 Å². The van der Waals surface area contributed by atoms with Crippen LogP contribution in [0.25, 0.3) is 0 Å². The number of rotatable bonds is 4. The Labute approximate surface area is 113 Å². The first-order chi connectivity index (χ1) is 9.40. The van der Waals surface area contributed by atoms with Crippen molar-refractivity contribution in [2.24, 2.45) is 5.92 Å². The van der Waals surface area contributed by atoms with Crippen molar-refractivity contribution >= 4 is 29.6 Å². The average molecular weight is 280 g/mol. The van der Waals surface area contributed by atoms with E-state index in [4.69, 9.17) is 0 Å². The number of hydroxylamine groups is 2. The molecule has 0 aromatic rings. The van der Waals surface area contributed by atoms with Crippen molar-refractivity contribution in [3.63, 3.8) is 0 Å². The molecular formula is C12H12N2O6. The molecule has 0 spiro atoms. The molecule has 8 nitrogen and oxygen atoms in total. The van der Waals surface area contributed by atoms with Crippen LogP contribution < -0.4 is 0 Å². The molecule has 1 atom stereocenters. The van der Waals surface area contributed by atoms with E-state index in [1.54, 1.807) is 6.92 Å². The molecule has 1 fully saturated rings. The van der Waals surface area contributed by atoms with Gasteiger partial charge in [-0.2, -0.15) is 0 Å². The summed E-state index contributed by atoms with van der Waals surface area (Å²) in [7, 11) is 0. The Balaban J connectivity index is 1.85. The van der Waals surface area contributed by atoms with Crippen molar-refractivity contribution in [3.05, 3.63) is 12.2 Å². The number of hydrogen-bond donors (Lipinski definition) is 0. The highest BCUT2D eigenvalue weighted by Crippen LogP contribution is 2.19. The minimum Gasteiger partial charge on any atom is -0.330 e. The minimum absolute atomic E-state index is 0.000863. The monoisotopic (exact) mass is 280 g/mol. The summed E-state index contributed by atoms with van der Waals surface area (Å²) in [6, 6.07) is 0. The molecule has 0 aromatic heterocycles. The summed E-state index contributed by atoms with van der Waals surface area (Å²) in [5.41, 5.74) is 0. The predicted octanol–water partition coefficient (Wildman–Crippen LogP) is -0.845. The third-order valence-electron chi connectivity index (χ3n) is 2.96. The summed E-state index contributed by atoms with van der Waals surface area (Å²) in [6.07, 6.45) is 1.91. The van der Waals surface area contributed by atoms with E-state index in [9.17, 15) is 24.0 Å². The molecule has 2 aliphatic rings. The molecule has 4 amide bonds. The first-order valence-electron chi connectivity index (χ1n) is 6.01.